The van der Waals surface area contributed by atoms with Crippen molar-refractivity contribution in [2.45, 2.75) is 0 Å². The minimum atomic E-state index is -0.105. The molecule has 2 aromatic rings. The average Bonchev–Trinajstić information content (AvgIpc) is 2.36. The maximum atomic E-state index is 10.9. The van der Waals surface area contributed by atoms with Gasteiger partial charge in [-0.25, -0.2) is 4.98 Å². The number of nitrogens with zero attached hydrogens (tertiary/aromatic N) is 1. The third-order valence-electron chi connectivity index (χ3n) is 1.36. The van der Waals surface area contributed by atoms with Crippen molar-refractivity contribution in [1.29, 1.82) is 0 Å². The summed E-state index contributed by atoms with van der Waals surface area (Å²) in [5.74, 6) is 0. The van der Waals surface area contributed by atoms with Crippen molar-refractivity contribution in [3.63, 3.8) is 0 Å². The normalized spacial score (nSPS) is 9.45. The minimum Gasteiger partial charge on any atom is -0.346 e. The van der Waals surface area contributed by atoms with Gasteiger partial charge in [-0.15, -0.1) is 12.4 Å². The van der Waals surface area contributed by atoms with E-state index in [1.165, 1.54) is 6.33 Å². The molecule has 0 fully saturated rings. The van der Waals surface area contributed by atoms with Gasteiger partial charge in [-0.2, -0.15) is 0 Å². The van der Waals surface area contributed by atoms with Crippen LogP contribution < -0.4 is 5.56 Å². The molecule has 0 saturated heterocycles. The number of rotatable bonds is 0. The smallest absolute Gasteiger partial charge is 0.260 e. The van der Waals surface area contributed by atoms with E-state index < -0.39 is 0 Å². The number of aromatic amines is 2. The maximum absolute atomic E-state index is 10.9. The molecule has 0 aliphatic carbocycles. The van der Waals surface area contributed by atoms with E-state index in [9.17, 15) is 4.79 Å². The SMILES string of the molecule is Cl.O=c1[nH]cnc2[nH]ccc12. The summed E-state index contributed by atoms with van der Waals surface area (Å²) in [6, 6.07) is 1.70. The number of halogens is 1. The van der Waals surface area contributed by atoms with Gasteiger partial charge in [0.2, 0.25) is 0 Å². The topological polar surface area (TPSA) is 61.5 Å². The Morgan fingerprint density at radius 2 is 2.18 bits per heavy atom. The molecule has 2 rings (SSSR count). The van der Waals surface area contributed by atoms with E-state index in [0.717, 1.165) is 0 Å². The molecule has 2 heterocycles. The molecule has 0 aromatic carbocycles. The molecule has 0 aliphatic heterocycles. The van der Waals surface area contributed by atoms with Crippen molar-refractivity contribution >= 4 is 23.4 Å². The number of nitrogens with one attached hydrogen (secondary N) is 2. The molecule has 0 spiro atoms. The van der Waals surface area contributed by atoms with Crippen LogP contribution in [-0.4, -0.2) is 15.0 Å². The number of hydrogen-bond acceptors (Lipinski definition) is 2. The Hall–Kier alpha value is -1.29. The minimum absolute atomic E-state index is 0. The first-order valence-electron chi connectivity index (χ1n) is 2.89. The fraction of sp³-hybridized carbons (Fsp3) is 0. The summed E-state index contributed by atoms with van der Waals surface area (Å²) in [5, 5.41) is 0.600. The molecule has 0 bridgehead atoms. The third-order valence-corrected chi connectivity index (χ3v) is 1.36. The van der Waals surface area contributed by atoms with Crippen molar-refractivity contribution < 1.29 is 0 Å². The van der Waals surface area contributed by atoms with Gasteiger partial charge in [0.25, 0.3) is 5.56 Å². The van der Waals surface area contributed by atoms with Crippen LogP contribution in [0.15, 0.2) is 23.4 Å². The first-order chi connectivity index (χ1) is 4.88. The molecular formula is C6H6ClN3O. The van der Waals surface area contributed by atoms with Crippen LogP contribution in [0.2, 0.25) is 0 Å². The third kappa shape index (κ3) is 1.12. The molecular weight excluding hydrogens is 166 g/mol. The van der Waals surface area contributed by atoms with Gasteiger partial charge in [-0.3, -0.25) is 4.79 Å². The van der Waals surface area contributed by atoms with Crippen LogP contribution in [0.25, 0.3) is 11.0 Å². The Morgan fingerprint density at radius 3 is 2.91 bits per heavy atom. The van der Waals surface area contributed by atoms with Gasteiger partial charge in [-0.05, 0) is 6.07 Å². The Bertz CT molecular complexity index is 405. The number of fused-ring (bicyclic) bond motifs is 1. The highest BCUT2D eigenvalue weighted by Gasteiger charge is 1.96. The lowest BCUT2D eigenvalue weighted by atomic mass is 10.4. The summed E-state index contributed by atoms with van der Waals surface area (Å²) in [4.78, 5) is 20.1. The van der Waals surface area contributed by atoms with Gasteiger partial charge >= 0.3 is 0 Å². The number of H-pyrrole nitrogens is 2. The predicted octanol–water partition coefficient (Wildman–Crippen LogP) is 0.673. The van der Waals surface area contributed by atoms with Crippen molar-refractivity contribution in [1.82, 2.24) is 15.0 Å². The van der Waals surface area contributed by atoms with E-state index in [0.29, 0.717) is 11.0 Å². The second kappa shape index (κ2) is 2.75. The lowest BCUT2D eigenvalue weighted by molar-refractivity contribution is 1.16. The van der Waals surface area contributed by atoms with Crippen LogP contribution >= 0.6 is 12.4 Å². The molecule has 0 atom stereocenters. The van der Waals surface area contributed by atoms with Gasteiger partial charge in [0.1, 0.15) is 5.65 Å². The number of aromatic nitrogens is 3. The van der Waals surface area contributed by atoms with E-state index in [4.69, 9.17) is 0 Å². The fourth-order valence-corrected chi connectivity index (χ4v) is 0.884. The first kappa shape index (κ1) is 7.81. The van der Waals surface area contributed by atoms with Gasteiger partial charge in [0, 0.05) is 6.20 Å². The van der Waals surface area contributed by atoms with E-state index >= 15 is 0 Å². The second-order valence-corrected chi connectivity index (χ2v) is 1.97. The Labute approximate surface area is 68.1 Å². The van der Waals surface area contributed by atoms with Crippen molar-refractivity contribution in [3.8, 4) is 0 Å². The largest absolute Gasteiger partial charge is 0.346 e. The van der Waals surface area contributed by atoms with E-state index in [1.54, 1.807) is 12.3 Å². The lowest BCUT2D eigenvalue weighted by Crippen LogP contribution is -2.04. The molecule has 0 unspecified atom stereocenters. The summed E-state index contributed by atoms with van der Waals surface area (Å²) in [7, 11) is 0. The molecule has 4 nitrogen and oxygen atoms in total. The van der Waals surface area contributed by atoms with E-state index in [2.05, 4.69) is 15.0 Å². The molecule has 11 heavy (non-hydrogen) atoms. The van der Waals surface area contributed by atoms with Crippen LogP contribution in [0.5, 0.6) is 0 Å². The van der Waals surface area contributed by atoms with Crippen molar-refractivity contribution in [2.24, 2.45) is 0 Å². The average molecular weight is 172 g/mol. The molecule has 2 aromatic heterocycles. The van der Waals surface area contributed by atoms with Crippen LogP contribution in [-0.2, 0) is 0 Å². The van der Waals surface area contributed by atoms with Gasteiger partial charge < -0.3 is 9.97 Å². The van der Waals surface area contributed by atoms with Crippen LogP contribution in [0.3, 0.4) is 0 Å². The first-order valence-corrected chi connectivity index (χ1v) is 2.89. The predicted molar refractivity (Wildman–Crippen MR) is 44.0 cm³/mol. The van der Waals surface area contributed by atoms with Gasteiger partial charge in [0.15, 0.2) is 0 Å². The standard InChI is InChI=1S/C6H5N3O.ClH/c10-6-4-1-2-7-5(4)8-3-9-6;/h1-3H,(H2,7,8,9,10);1H. The monoisotopic (exact) mass is 171 g/mol. The zero-order chi connectivity index (χ0) is 6.97. The number of hydrogen-bond donors (Lipinski definition) is 2. The van der Waals surface area contributed by atoms with Gasteiger partial charge in [-0.1, -0.05) is 0 Å². The Kier molecular flexibility index (Phi) is 1.96. The summed E-state index contributed by atoms with van der Waals surface area (Å²) >= 11 is 0. The molecule has 0 aliphatic rings. The molecule has 58 valence electrons. The Morgan fingerprint density at radius 1 is 1.36 bits per heavy atom. The molecule has 0 amide bonds. The molecule has 0 radical (unpaired) electrons. The summed E-state index contributed by atoms with van der Waals surface area (Å²) in [6.45, 7) is 0. The fourth-order valence-electron chi connectivity index (χ4n) is 0.884. The summed E-state index contributed by atoms with van der Waals surface area (Å²) < 4.78 is 0. The quantitative estimate of drug-likeness (QED) is 0.612. The zero-order valence-corrected chi connectivity index (χ0v) is 6.31. The van der Waals surface area contributed by atoms with Crippen molar-refractivity contribution in [2.75, 3.05) is 0 Å². The van der Waals surface area contributed by atoms with Crippen LogP contribution in [0, 0.1) is 0 Å². The zero-order valence-electron chi connectivity index (χ0n) is 5.50. The van der Waals surface area contributed by atoms with Crippen molar-refractivity contribution in [3.05, 3.63) is 28.9 Å². The van der Waals surface area contributed by atoms with Crippen LogP contribution in [0.1, 0.15) is 0 Å². The van der Waals surface area contributed by atoms with E-state index in [-0.39, 0.29) is 18.0 Å². The molecule has 0 saturated carbocycles. The second-order valence-electron chi connectivity index (χ2n) is 1.97. The highest BCUT2D eigenvalue weighted by Crippen LogP contribution is 1.99. The van der Waals surface area contributed by atoms with Gasteiger partial charge in [0.05, 0.1) is 11.7 Å². The van der Waals surface area contributed by atoms with Crippen LogP contribution in [0.4, 0.5) is 0 Å². The summed E-state index contributed by atoms with van der Waals surface area (Å²) in [6.07, 6.45) is 3.06. The highest BCUT2D eigenvalue weighted by molar-refractivity contribution is 5.85. The maximum Gasteiger partial charge on any atom is 0.260 e. The lowest BCUT2D eigenvalue weighted by Gasteiger charge is -1.83. The highest BCUT2D eigenvalue weighted by atomic mass is 35.5. The summed E-state index contributed by atoms with van der Waals surface area (Å²) in [5.41, 5.74) is 0.523. The van der Waals surface area contributed by atoms with E-state index in [1.807, 2.05) is 0 Å². The Balaban J connectivity index is 0.000000605. The molecule has 5 heteroatoms. The molecule has 2 N–H and O–H groups in total.